The number of hydrogen-bond acceptors (Lipinski definition) is 0. The van der Waals surface area contributed by atoms with Gasteiger partial charge in [0.15, 0.2) is 0 Å². The van der Waals surface area contributed by atoms with Crippen molar-refractivity contribution in [1.82, 2.24) is 0 Å². The average Bonchev–Trinajstić information content (AvgIpc) is 2.19. The lowest BCUT2D eigenvalue weighted by Crippen LogP contribution is -2.03. The molecule has 0 saturated carbocycles. The molecule has 80 valence electrons. The summed E-state index contributed by atoms with van der Waals surface area (Å²) in [4.78, 5) is 0. The van der Waals surface area contributed by atoms with Crippen LogP contribution in [0.4, 0.5) is 0 Å². The Balaban J connectivity index is 0.00000112. The highest BCUT2D eigenvalue weighted by atomic mass is 16.0. The van der Waals surface area contributed by atoms with Gasteiger partial charge in [0.05, 0.1) is 0 Å². The fourth-order valence-electron chi connectivity index (χ4n) is 2.07. The highest BCUT2D eigenvalue weighted by Crippen LogP contribution is 2.31. The van der Waals surface area contributed by atoms with Crippen LogP contribution in [0.2, 0.25) is 0 Å². The van der Waals surface area contributed by atoms with E-state index in [9.17, 15) is 0 Å². The Morgan fingerprint density at radius 2 is 1.73 bits per heavy atom. The highest BCUT2D eigenvalue weighted by molar-refractivity contribution is 5.70. The zero-order chi connectivity index (χ0) is 9.97. The standard InChI is InChI=1S/C14H16.H2O/c1-11-8-9-14(12(2)10-11)13-6-4-3-5-7-13;/h3-9,12H,10H2,1-2H3;1H2. The van der Waals surface area contributed by atoms with Gasteiger partial charge < -0.3 is 5.48 Å². The second kappa shape index (κ2) is 4.94. The minimum absolute atomic E-state index is 0. The summed E-state index contributed by atoms with van der Waals surface area (Å²) >= 11 is 0. The van der Waals surface area contributed by atoms with Crippen LogP contribution in [0, 0.1) is 5.92 Å². The van der Waals surface area contributed by atoms with Crippen molar-refractivity contribution < 1.29 is 5.48 Å². The molecule has 2 rings (SSSR count). The molecule has 0 spiro atoms. The van der Waals surface area contributed by atoms with E-state index in [1.165, 1.54) is 23.1 Å². The van der Waals surface area contributed by atoms with E-state index in [-0.39, 0.29) is 5.48 Å². The lowest BCUT2D eigenvalue weighted by atomic mass is 9.85. The number of benzene rings is 1. The Labute approximate surface area is 91.4 Å². The quantitative estimate of drug-likeness (QED) is 0.669. The van der Waals surface area contributed by atoms with E-state index in [1.807, 2.05) is 0 Å². The number of hydrogen-bond donors (Lipinski definition) is 0. The largest absolute Gasteiger partial charge is 0.412 e. The van der Waals surface area contributed by atoms with Crippen molar-refractivity contribution in [2.24, 2.45) is 5.92 Å². The van der Waals surface area contributed by atoms with Gasteiger partial charge in [-0.1, -0.05) is 55.0 Å². The summed E-state index contributed by atoms with van der Waals surface area (Å²) in [7, 11) is 0. The van der Waals surface area contributed by atoms with Gasteiger partial charge in [-0.15, -0.1) is 0 Å². The molecule has 1 nitrogen and oxygen atoms in total. The molecule has 0 amide bonds. The summed E-state index contributed by atoms with van der Waals surface area (Å²) in [6, 6.07) is 10.7. The fourth-order valence-corrected chi connectivity index (χ4v) is 2.07. The zero-order valence-electron chi connectivity index (χ0n) is 9.33. The summed E-state index contributed by atoms with van der Waals surface area (Å²) in [6.07, 6.45) is 5.70. The van der Waals surface area contributed by atoms with Crippen molar-refractivity contribution in [3.05, 3.63) is 53.6 Å². The molecule has 2 N–H and O–H groups in total. The molecule has 0 fully saturated rings. The predicted molar refractivity (Wildman–Crippen MR) is 65.6 cm³/mol. The topological polar surface area (TPSA) is 31.5 Å². The molecule has 0 heterocycles. The predicted octanol–water partition coefficient (Wildman–Crippen LogP) is 3.23. The Morgan fingerprint density at radius 1 is 1.07 bits per heavy atom. The zero-order valence-corrected chi connectivity index (χ0v) is 9.33. The molecule has 1 heteroatoms. The monoisotopic (exact) mass is 202 g/mol. The molecule has 1 aromatic carbocycles. The van der Waals surface area contributed by atoms with Crippen LogP contribution in [-0.4, -0.2) is 5.48 Å². The van der Waals surface area contributed by atoms with Gasteiger partial charge in [-0.25, -0.2) is 0 Å². The smallest absolute Gasteiger partial charge is 0.0147 e. The van der Waals surface area contributed by atoms with Crippen LogP contribution in [0.15, 0.2) is 48.1 Å². The molecule has 0 aromatic heterocycles. The van der Waals surface area contributed by atoms with E-state index in [2.05, 4.69) is 56.3 Å². The van der Waals surface area contributed by atoms with Crippen LogP contribution >= 0.6 is 0 Å². The molecular weight excluding hydrogens is 184 g/mol. The molecule has 1 aliphatic carbocycles. The molecule has 0 radical (unpaired) electrons. The first-order valence-electron chi connectivity index (χ1n) is 5.20. The van der Waals surface area contributed by atoms with E-state index in [0.717, 1.165) is 0 Å². The van der Waals surface area contributed by atoms with E-state index < -0.39 is 0 Å². The van der Waals surface area contributed by atoms with Crippen molar-refractivity contribution in [1.29, 1.82) is 0 Å². The van der Waals surface area contributed by atoms with E-state index in [1.54, 1.807) is 0 Å². The molecule has 0 saturated heterocycles. The fraction of sp³-hybridized carbons (Fsp3) is 0.286. The average molecular weight is 202 g/mol. The summed E-state index contributed by atoms with van der Waals surface area (Å²) in [5, 5.41) is 0. The minimum atomic E-state index is 0. The van der Waals surface area contributed by atoms with Gasteiger partial charge in [0.25, 0.3) is 0 Å². The first-order chi connectivity index (χ1) is 6.77. The van der Waals surface area contributed by atoms with Gasteiger partial charge in [-0.3, -0.25) is 0 Å². The SMILES string of the molecule is CC1=CC=C(c2ccccc2)C(C)C1.O. The van der Waals surface area contributed by atoms with Crippen LogP contribution < -0.4 is 0 Å². The lowest BCUT2D eigenvalue weighted by Gasteiger charge is -2.20. The van der Waals surface area contributed by atoms with Crippen molar-refractivity contribution in [2.45, 2.75) is 20.3 Å². The summed E-state index contributed by atoms with van der Waals surface area (Å²) in [5.74, 6) is 0.655. The molecule has 0 aliphatic heterocycles. The third kappa shape index (κ3) is 2.57. The Bertz CT molecular complexity index is 374. The second-order valence-electron chi connectivity index (χ2n) is 4.11. The number of allylic oxidation sites excluding steroid dienone is 4. The molecule has 0 bridgehead atoms. The third-order valence-electron chi connectivity index (χ3n) is 2.81. The Morgan fingerprint density at radius 3 is 2.33 bits per heavy atom. The van der Waals surface area contributed by atoms with Gasteiger partial charge in [0.1, 0.15) is 0 Å². The summed E-state index contributed by atoms with van der Waals surface area (Å²) in [5.41, 5.74) is 4.32. The first-order valence-corrected chi connectivity index (χ1v) is 5.20. The number of rotatable bonds is 1. The van der Waals surface area contributed by atoms with Crippen LogP contribution in [0.1, 0.15) is 25.8 Å². The maximum absolute atomic E-state index is 2.30. The molecule has 1 aliphatic rings. The van der Waals surface area contributed by atoms with Gasteiger partial charge in [-0.2, -0.15) is 0 Å². The van der Waals surface area contributed by atoms with Crippen LogP contribution in [-0.2, 0) is 0 Å². The van der Waals surface area contributed by atoms with Crippen LogP contribution in [0.5, 0.6) is 0 Å². The van der Waals surface area contributed by atoms with Crippen LogP contribution in [0.3, 0.4) is 0 Å². The highest BCUT2D eigenvalue weighted by Gasteiger charge is 2.13. The lowest BCUT2D eigenvalue weighted by molar-refractivity contribution is 0.728. The van der Waals surface area contributed by atoms with Gasteiger partial charge >= 0.3 is 0 Å². The molecular formula is C14H18O. The van der Waals surface area contributed by atoms with E-state index in [0.29, 0.717) is 5.92 Å². The Hall–Kier alpha value is -1.34. The van der Waals surface area contributed by atoms with Crippen molar-refractivity contribution in [3.8, 4) is 0 Å². The molecule has 15 heavy (non-hydrogen) atoms. The maximum Gasteiger partial charge on any atom is -0.0147 e. The normalized spacial score (nSPS) is 20.0. The van der Waals surface area contributed by atoms with Gasteiger partial charge in [-0.05, 0) is 30.4 Å². The van der Waals surface area contributed by atoms with Gasteiger partial charge in [0, 0.05) is 0 Å². The Kier molecular flexibility index (Phi) is 3.87. The summed E-state index contributed by atoms with van der Waals surface area (Å²) < 4.78 is 0. The second-order valence-corrected chi connectivity index (χ2v) is 4.11. The molecule has 1 atom stereocenters. The third-order valence-corrected chi connectivity index (χ3v) is 2.81. The summed E-state index contributed by atoms with van der Waals surface area (Å²) in [6.45, 7) is 4.50. The van der Waals surface area contributed by atoms with E-state index in [4.69, 9.17) is 0 Å². The van der Waals surface area contributed by atoms with Crippen molar-refractivity contribution in [3.63, 3.8) is 0 Å². The van der Waals surface area contributed by atoms with Crippen molar-refractivity contribution >= 4 is 5.57 Å². The maximum atomic E-state index is 2.30. The first kappa shape index (κ1) is 11.7. The van der Waals surface area contributed by atoms with Crippen LogP contribution in [0.25, 0.3) is 5.57 Å². The van der Waals surface area contributed by atoms with Gasteiger partial charge in [0.2, 0.25) is 0 Å². The molecule has 1 unspecified atom stereocenters. The van der Waals surface area contributed by atoms with Crippen molar-refractivity contribution in [2.75, 3.05) is 0 Å². The minimum Gasteiger partial charge on any atom is -0.412 e. The van der Waals surface area contributed by atoms with E-state index >= 15 is 0 Å². The molecule has 1 aromatic rings.